The van der Waals surface area contributed by atoms with Crippen molar-refractivity contribution in [1.29, 1.82) is 0 Å². The number of oxazole rings is 1. The average molecular weight is 316 g/mol. The number of anilines is 1. The zero-order chi connectivity index (χ0) is 16.3. The predicted octanol–water partition coefficient (Wildman–Crippen LogP) is 2.59. The SMILES string of the molecule is O=C(O)CCCN(C(=O)C(F)(F)F)c1nc2ccccc2o1. The number of para-hydroxylation sites is 2. The Morgan fingerprint density at radius 3 is 2.55 bits per heavy atom. The maximum absolute atomic E-state index is 12.6. The van der Waals surface area contributed by atoms with Crippen molar-refractivity contribution >= 4 is 29.0 Å². The van der Waals surface area contributed by atoms with Crippen molar-refractivity contribution in [2.24, 2.45) is 0 Å². The Morgan fingerprint density at radius 2 is 1.95 bits per heavy atom. The Bertz CT molecular complexity index is 663. The van der Waals surface area contributed by atoms with Crippen LogP contribution in [-0.2, 0) is 9.59 Å². The summed E-state index contributed by atoms with van der Waals surface area (Å²) in [7, 11) is 0. The van der Waals surface area contributed by atoms with E-state index < -0.39 is 30.6 Å². The van der Waals surface area contributed by atoms with E-state index in [-0.39, 0.29) is 18.4 Å². The molecule has 6 nitrogen and oxygen atoms in total. The third kappa shape index (κ3) is 3.54. The largest absolute Gasteiger partial charge is 0.481 e. The number of halogens is 3. The van der Waals surface area contributed by atoms with Crippen LogP contribution in [-0.4, -0.2) is 34.7 Å². The third-order valence-corrected chi connectivity index (χ3v) is 2.77. The molecule has 0 fully saturated rings. The fourth-order valence-corrected chi connectivity index (χ4v) is 1.80. The molecule has 2 rings (SSSR count). The number of aromatic nitrogens is 1. The Labute approximate surface area is 122 Å². The van der Waals surface area contributed by atoms with E-state index in [1.165, 1.54) is 12.1 Å². The van der Waals surface area contributed by atoms with E-state index in [0.29, 0.717) is 10.4 Å². The van der Waals surface area contributed by atoms with Crippen molar-refractivity contribution in [2.75, 3.05) is 11.4 Å². The lowest BCUT2D eigenvalue weighted by atomic mass is 10.3. The van der Waals surface area contributed by atoms with Crippen LogP contribution in [0.2, 0.25) is 0 Å². The minimum absolute atomic E-state index is 0.157. The smallest absolute Gasteiger partial charge is 0.471 e. The Kier molecular flexibility index (Phi) is 4.34. The Balaban J connectivity index is 2.30. The number of fused-ring (bicyclic) bond motifs is 1. The summed E-state index contributed by atoms with van der Waals surface area (Å²) in [5.74, 6) is -3.32. The molecule has 0 unspecified atom stereocenters. The van der Waals surface area contributed by atoms with Gasteiger partial charge in [-0.2, -0.15) is 18.2 Å². The summed E-state index contributed by atoms with van der Waals surface area (Å²) < 4.78 is 43.1. The van der Waals surface area contributed by atoms with Gasteiger partial charge in [-0.25, -0.2) is 0 Å². The summed E-state index contributed by atoms with van der Waals surface area (Å²) >= 11 is 0. The van der Waals surface area contributed by atoms with Gasteiger partial charge >= 0.3 is 24.1 Å². The fraction of sp³-hybridized carbons (Fsp3) is 0.308. The topological polar surface area (TPSA) is 83.6 Å². The lowest BCUT2D eigenvalue weighted by Gasteiger charge is -2.19. The molecule has 0 bridgehead atoms. The van der Waals surface area contributed by atoms with Crippen LogP contribution in [0.1, 0.15) is 12.8 Å². The molecule has 0 spiro atoms. The summed E-state index contributed by atoms with van der Waals surface area (Å²) in [4.78, 5) is 26.1. The van der Waals surface area contributed by atoms with Gasteiger partial charge in [0.05, 0.1) is 0 Å². The van der Waals surface area contributed by atoms with Crippen LogP contribution in [0.3, 0.4) is 0 Å². The number of hydrogen-bond acceptors (Lipinski definition) is 4. The number of alkyl halides is 3. The quantitative estimate of drug-likeness (QED) is 0.916. The number of carbonyl (C=O) groups excluding carboxylic acids is 1. The number of carboxylic acids is 1. The van der Waals surface area contributed by atoms with Gasteiger partial charge in [-0.3, -0.25) is 14.5 Å². The van der Waals surface area contributed by atoms with E-state index in [0.717, 1.165) is 0 Å². The second kappa shape index (κ2) is 6.04. The van der Waals surface area contributed by atoms with Crippen molar-refractivity contribution in [3.63, 3.8) is 0 Å². The van der Waals surface area contributed by atoms with Gasteiger partial charge in [-0.1, -0.05) is 12.1 Å². The molecule has 1 aromatic heterocycles. The number of aliphatic carboxylic acids is 1. The summed E-state index contributed by atoms with van der Waals surface area (Å²) in [6.45, 7) is -0.461. The van der Waals surface area contributed by atoms with E-state index in [1.807, 2.05) is 0 Å². The molecule has 0 aliphatic heterocycles. The van der Waals surface area contributed by atoms with E-state index >= 15 is 0 Å². The monoisotopic (exact) mass is 316 g/mol. The van der Waals surface area contributed by atoms with Gasteiger partial charge < -0.3 is 9.52 Å². The molecule has 0 atom stereocenters. The van der Waals surface area contributed by atoms with Crippen LogP contribution in [0.15, 0.2) is 28.7 Å². The van der Waals surface area contributed by atoms with Crippen LogP contribution >= 0.6 is 0 Å². The van der Waals surface area contributed by atoms with Crippen molar-refractivity contribution in [2.45, 2.75) is 19.0 Å². The molecule has 0 saturated heterocycles. The molecule has 0 aliphatic rings. The van der Waals surface area contributed by atoms with Crippen LogP contribution in [0.25, 0.3) is 11.1 Å². The van der Waals surface area contributed by atoms with Gasteiger partial charge in [0.25, 0.3) is 0 Å². The highest BCUT2D eigenvalue weighted by atomic mass is 19.4. The first kappa shape index (κ1) is 15.8. The molecule has 0 radical (unpaired) electrons. The molecule has 22 heavy (non-hydrogen) atoms. The maximum Gasteiger partial charge on any atom is 0.471 e. The van der Waals surface area contributed by atoms with E-state index in [1.54, 1.807) is 12.1 Å². The van der Waals surface area contributed by atoms with Crippen molar-refractivity contribution in [3.05, 3.63) is 24.3 Å². The Hall–Kier alpha value is -2.58. The van der Waals surface area contributed by atoms with Gasteiger partial charge in [-0.15, -0.1) is 0 Å². The second-order valence-corrected chi connectivity index (χ2v) is 4.42. The number of amides is 1. The zero-order valence-corrected chi connectivity index (χ0v) is 11.1. The maximum atomic E-state index is 12.6. The van der Waals surface area contributed by atoms with Gasteiger partial charge in [0, 0.05) is 13.0 Å². The first-order valence-electron chi connectivity index (χ1n) is 6.25. The number of nitrogens with zero attached hydrogens (tertiary/aromatic N) is 2. The van der Waals surface area contributed by atoms with Crippen LogP contribution < -0.4 is 4.90 Å². The number of benzene rings is 1. The second-order valence-electron chi connectivity index (χ2n) is 4.42. The summed E-state index contributed by atoms with van der Waals surface area (Å²) in [6.07, 6.45) is -5.64. The minimum atomic E-state index is -5.11. The van der Waals surface area contributed by atoms with E-state index in [4.69, 9.17) is 9.52 Å². The molecule has 9 heteroatoms. The van der Waals surface area contributed by atoms with E-state index in [9.17, 15) is 22.8 Å². The molecule has 2 aromatic rings. The molecular weight excluding hydrogens is 305 g/mol. The molecular formula is C13H11F3N2O4. The van der Waals surface area contributed by atoms with Crippen LogP contribution in [0.4, 0.5) is 19.2 Å². The first-order chi connectivity index (χ1) is 10.3. The number of carboxylic acid groups (broad SMARTS) is 1. The lowest BCUT2D eigenvalue weighted by molar-refractivity contribution is -0.170. The molecule has 0 aliphatic carbocycles. The van der Waals surface area contributed by atoms with Crippen molar-refractivity contribution in [1.82, 2.24) is 4.98 Å². The molecule has 118 valence electrons. The third-order valence-electron chi connectivity index (χ3n) is 2.77. The van der Waals surface area contributed by atoms with Gasteiger partial charge in [0.2, 0.25) is 0 Å². The zero-order valence-electron chi connectivity index (χ0n) is 11.1. The van der Waals surface area contributed by atoms with Gasteiger partial charge in [0.15, 0.2) is 5.58 Å². The molecule has 1 heterocycles. The van der Waals surface area contributed by atoms with Gasteiger partial charge in [0.1, 0.15) is 5.52 Å². The Morgan fingerprint density at radius 1 is 1.27 bits per heavy atom. The van der Waals surface area contributed by atoms with Crippen molar-refractivity contribution < 1.29 is 32.3 Å². The number of hydrogen-bond donors (Lipinski definition) is 1. The number of carbonyl (C=O) groups is 2. The summed E-state index contributed by atoms with van der Waals surface area (Å²) in [5, 5.41) is 8.55. The van der Waals surface area contributed by atoms with Gasteiger partial charge in [-0.05, 0) is 18.6 Å². The minimum Gasteiger partial charge on any atom is -0.481 e. The standard InChI is InChI=1S/C13H11F3N2O4/c14-13(15,16)11(21)18(7-3-6-10(19)20)12-17-8-4-1-2-5-9(8)22-12/h1-2,4-5H,3,6-7H2,(H,19,20). The molecule has 1 N–H and O–H groups in total. The summed E-state index contributed by atoms with van der Waals surface area (Å²) in [5.41, 5.74) is 0.534. The molecule has 1 amide bonds. The average Bonchev–Trinajstić information content (AvgIpc) is 2.85. The highest BCUT2D eigenvalue weighted by Crippen LogP contribution is 2.26. The number of rotatable bonds is 5. The molecule has 1 aromatic carbocycles. The van der Waals surface area contributed by atoms with Crippen molar-refractivity contribution in [3.8, 4) is 0 Å². The van der Waals surface area contributed by atoms with E-state index in [2.05, 4.69) is 4.98 Å². The van der Waals surface area contributed by atoms with Crippen LogP contribution in [0.5, 0.6) is 0 Å². The van der Waals surface area contributed by atoms with Crippen LogP contribution in [0, 0.1) is 0 Å². The lowest BCUT2D eigenvalue weighted by Crippen LogP contribution is -2.42. The highest BCUT2D eigenvalue weighted by molar-refractivity contribution is 5.96. The molecule has 0 saturated carbocycles. The fourth-order valence-electron chi connectivity index (χ4n) is 1.80. The highest BCUT2D eigenvalue weighted by Gasteiger charge is 2.44. The summed E-state index contributed by atoms with van der Waals surface area (Å²) in [6, 6.07) is 5.75. The normalized spacial score (nSPS) is 11.6. The predicted molar refractivity (Wildman–Crippen MR) is 69.3 cm³/mol. The first-order valence-corrected chi connectivity index (χ1v) is 6.25.